The van der Waals surface area contributed by atoms with Crippen LogP contribution in [0.1, 0.15) is 29.9 Å². The van der Waals surface area contributed by atoms with E-state index >= 15 is 0 Å². The third-order valence-corrected chi connectivity index (χ3v) is 4.91. The molecule has 0 saturated carbocycles. The maximum atomic E-state index is 12.3. The van der Waals surface area contributed by atoms with Crippen molar-refractivity contribution in [2.75, 3.05) is 31.5 Å². The Kier molecular flexibility index (Phi) is 6.50. The average Bonchev–Trinajstić information content (AvgIpc) is 3.08. The van der Waals surface area contributed by atoms with Gasteiger partial charge in [-0.1, -0.05) is 13.8 Å². The number of ether oxygens (including phenoxy) is 2. The Morgan fingerprint density at radius 1 is 1.19 bits per heavy atom. The first-order chi connectivity index (χ1) is 14.8. The fraction of sp³-hybridized carbons (Fsp3) is 0.381. The fourth-order valence-electron chi connectivity index (χ4n) is 3.19. The summed E-state index contributed by atoms with van der Waals surface area (Å²) < 4.78 is 12.1. The predicted molar refractivity (Wildman–Crippen MR) is 118 cm³/mol. The zero-order valence-electron chi connectivity index (χ0n) is 18.3. The molecule has 10 heteroatoms. The quantitative estimate of drug-likeness (QED) is 0.408. The molecule has 0 unspecified atom stereocenters. The molecule has 0 aliphatic carbocycles. The number of benzene rings is 1. The molecule has 0 aliphatic heterocycles. The van der Waals surface area contributed by atoms with Crippen LogP contribution in [0.5, 0.6) is 11.5 Å². The second-order valence-electron chi connectivity index (χ2n) is 7.51. The highest BCUT2D eigenvalue weighted by atomic mass is 16.5. The number of fused-ring (bicyclic) bond motifs is 1. The van der Waals surface area contributed by atoms with E-state index in [0.717, 1.165) is 0 Å². The summed E-state index contributed by atoms with van der Waals surface area (Å²) in [6.45, 7) is 5.76. The summed E-state index contributed by atoms with van der Waals surface area (Å²) in [5.74, 6) is 1.49. The molecule has 0 radical (unpaired) electrons. The summed E-state index contributed by atoms with van der Waals surface area (Å²) in [5, 5.41) is 20.7. The molecule has 10 nitrogen and oxygen atoms in total. The molecular weight excluding hydrogens is 400 g/mol. The van der Waals surface area contributed by atoms with Gasteiger partial charge >= 0.3 is 0 Å². The molecular formula is C21H28N6O4. The van der Waals surface area contributed by atoms with Crippen molar-refractivity contribution in [2.24, 2.45) is 11.7 Å². The summed E-state index contributed by atoms with van der Waals surface area (Å²) in [4.78, 5) is 16.8. The first-order valence-corrected chi connectivity index (χ1v) is 9.85. The molecule has 0 aliphatic rings. The third kappa shape index (κ3) is 4.64. The summed E-state index contributed by atoms with van der Waals surface area (Å²) in [5.41, 5.74) is 7.42. The molecule has 0 bridgehead atoms. The molecule has 3 rings (SSSR count). The van der Waals surface area contributed by atoms with Crippen LogP contribution in [0.15, 0.2) is 24.3 Å². The van der Waals surface area contributed by atoms with Gasteiger partial charge in [0.25, 0.3) is 5.91 Å². The molecule has 5 N–H and O–H groups in total. The number of hydrogen-bond acceptors (Lipinski definition) is 8. The van der Waals surface area contributed by atoms with E-state index < -0.39 is 5.91 Å². The smallest absolute Gasteiger partial charge is 0.256 e. The van der Waals surface area contributed by atoms with Crippen molar-refractivity contribution in [1.29, 1.82) is 0 Å². The van der Waals surface area contributed by atoms with Crippen LogP contribution in [0.2, 0.25) is 0 Å². The highest BCUT2D eigenvalue weighted by molar-refractivity contribution is 6.04. The number of nitrogens with zero attached hydrogens (tertiary/aromatic N) is 3. The number of amides is 1. The van der Waals surface area contributed by atoms with Gasteiger partial charge in [0.2, 0.25) is 0 Å². The third-order valence-electron chi connectivity index (χ3n) is 4.91. The van der Waals surface area contributed by atoms with Crippen molar-refractivity contribution in [3.63, 3.8) is 0 Å². The summed E-state index contributed by atoms with van der Waals surface area (Å²) in [7, 11) is 3.10. The van der Waals surface area contributed by atoms with Crippen LogP contribution in [0.25, 0.3) is 5.65 Å². The first-order valence-electron chi connectivity index (χ1n) is 9.85. The highest BCUT2D eigenvalue weighted by Gasteiger charge is 2.23. The normalized spacial score (nSPS) is 12.1. The Bertz CT molecular complexity index is 1070. The summed E-state index contributed by atoms with van der Waals surface area (Å²) in [6.07, 6.45) is 0. The van der Waals surface area contributed by atoms with Gasteiger partial charge in [0.05, 0.1) is 26.9 Å². The van der Waals surface area contributed by atoms with Gasteiger partial charge in [0, 0.05) is 35.6 Å². The van der Waals surface area contributed by atoms with Crippen molar-refractivity contribution in [3.8, 4) is 11.5 Å². The topological polar surface area (TPSA) is 136 Å². The van der Waals surface area contributed by atoms with Crippen LogP contribution in [-0.4, -0.2) is 52.5 Å². The Balaban J connectivity index is 2.13. The molecule has 0 spiro atoms. The standard InChI is InChI=1S/C21H28N6O4/c1-11(2)16(10-28)25-17-6-12(3)23-21-18(19(22)29)20(26-27(17)21)24-13-7-14(30-4)9-15(8-13)31-5/h6-9,11,16,25,28H,10H2,1-5H3,(H2,22,29)(H,24,26)/t16-/m1/s1. The average molecular weight is 428 g/mol. The molecule has 1 amide bonds. The van der Waals surface area contributed by atoms with Crippen LogP contribution >= 0.6 is 0 Å². The number of rotatable bonds is 9. The highest BCUT2D eigenvalue weighted by Crippen LogP contribution is 2.30. The van der Waals surface area contributed by atoms with E-state index in [2.05, 4.69) is 20.7 Å². The largest absolute Gasteiger partial charge is 0.497 e. The lowest BCUT2D eigenvalue weighted by Crippen LogP contribution is -2.30. The minimum Gasteiger partial charge on any atom is -0.497 e. The van der Waals surface area contributed by atoms with Gasteiger partial charge in [-0.05, 0) is 12.8 Å². The van der Waals surface area contributed by atoms with Gasteiger partial charge in [-0.3, -0.25) is 4.79 Å². The number of hydrogen-bond donors (Lipinski definition) is 4. The molecule has 0 saturated heterocycles. The van der Waals surface area contributed by atoms with E-state index in [1.165, 1.54) is 4.52 Å². The number of aliphatic hydroxyl groups excluding tert-OH is 1. The van der Waals surface area contributed by atoms with E-state index in [9.17, 15) is 9.90 Å². The zero-order chi connectivity index (χ0) is 22.7. The van der Waals surface area contributed by atoms with Crippen molar-refractivity contribution < 1.29 is 19.4 Å². The van der Waals surface area contributed by atoms with E-state index in [-0.39, 0.29) is 29.9 Å². The number of aromatic nitrogens is 3. The Morgan fingerprint density at radius 3 is 2.35 bits per heavy atom. The van der Waals surface area contributed by atoms with E-state index in [1.807, 2.05) is 20.8 Å². The number of carbonyl (C=O) groups excluding carboxylic acids is 1. The van der Waals surface area contributed by atoms with Crippen molar-refractivity contribution >= 4 is 28.9 Å². The lowest BCUT2D eigenvalue weighted by atomic mass is 10.1. The maximum absolute atomic E-state index is 12.3. The second-order valence-corrected chi connectivity index (χ2v) is 7.51. The van der Waals surface area contributed by atoms with Gasteiger partial charge in [-0.25, -0.2) is 4.98 Å². The molecule has 1 aromatic carbocycles. The van der Waals surface area contributed by atoms with E-state index in [0.29, 0.717) is 34.3 Å². The number of aryl methyl sites for hydroxylation is 1. The van der Waals surface area contributed by atoms with Crippen molar-refractivity contribution in [2.45, 2.75) is 26.8 Å². The maximum Gasteiger partial charge on any atom is 0.256 e. The first kappa shape index (κ1) is 22.2. The number of nitrogens with one attached hydrogen (secondary N) is 2. The minimum absolute atomic E-state index is 0.0564. The molecule has 1 atom stereocenters. The number of primary amides is 1. The van der Waals surface area contributed by atoms with Crippen molar-refractivity contribution in [1.82, 2.24) is 14.6 Å². The van der Waals surface area contributed by atoms with Gasteiger partial charge in [-0.15, -0.1) is 5.10 Å². The monoisotopic (exact) mass is 428 g/mol. The second kappa shape index (κ2) is 9.09. The Morgan fingerprint density at radius 2 is 1.84 bits per heavy atom. The number of nitrogens with two attached hydrogens (primary N) is 1. The zero-order valence-corrected chi connectivity index (χ0v) is 18.3. The SMILES string of the molecule is COc1cc(Nc2nn3c(N[C@H](CO)C(C)C)cc(C)nc3c2C(N)=O)cc(OC)c1. The number of aliphatic hydroxyl groups is 1. The van der Waals surface area contributed by atoms with Gasteiger partial charge in [0.1, 0.15) is 22.9 Å². The van der Waals surface area contributed by atoms with Crippen LogP contribution in [0, 0.1) is 12.8 Å². The molecule has 2 aromatic heterocycles. The number of anilines is 3. The van der Waals surface area contributed by atoms with E-state index in [4.69, 9.17) is 15.2 Å². The van der Waals surface area contributed by atoms with Gasteiger partial charge in [-0.2, -0.15) is 4.52 Å². The van der Waals surface area contributed by atoms with Crippen LogP contribution in [-0.2, 0) is 0 Å². The van der Waals surface area contributed by atoms with Gasteiger partial charge in [0.15, 0.2) is 11.5 Å². The van der Waals surface area contributed by atoms with Crippen LogP contribution < -0.4 is 25.8 Å². The molecule has 3 aromatic rings. The lowest BCUT2D eigenvalue weighted by molar-refractivity contribution is 0.100. The molecule has 31 heavy (non-hydrogen) atoms. The Labute approximate surface area is 180 Å². The van der Waals surface area contributed by atoms with Crippen molar-refractivity contribution in [3.05, 3.63) is 35.5 Å². The predicted octanol–water partition coefficient (Wildman–Crippen LogP) is 2.33. The Hall–Kier alpha value is -3.53. The van der Waals surface area contributed by atoms with Crippen LogP contribution in [0.3, 0.4) is 0 Å². The lowest BCUT2D eigenvalue weighted by Gasteiger charge is -2.21. The number of carbonyl (C=O) groups is 1. The van der Waals surface area contributed by atoms with Gasteiger partial charge < -0.3 is 30.9 Å². The summed E-state index contributed by atoms with van der Waals surface area (Å²) in [6, 6.07) is 6.82. The fourth-order valence-corrected chi connectivity index (χ4v) is 3.19. The minimum atomic E-state index is -0.668. The number of methoxy groups -OCH3 is 2. The molecule has 0 fully saturated rings. The molecule has 2 heterocycles. The van der Waals surface area contributed by atoms with Crippen LogP contribution in [0.4, 0.5) is 17.3 Å². The van der Waals surface area contributed by atoms with E-state index in [1.54, 1.807) is 38.5 Å². The molecule has 166 valence electrons. The summed E-state index contributed by atoms with van der Waals surface area (Å²) >= 11 is 0.